The molecule has 0 radical (unpaired) electrons. The van der Waals surface area contributed by atoms with Gasteiger partial charge in [-0.15, -0.1) is 0 Å². The maximum absolute atomic E-state index is 13.8. The molecule has 208 valence electrons. The zero-order chi connectivity index (χ0) is 28.9. The molecule has 1 aliphatic rings. The third-order valence-electron chi connectivity index (χ3n) is 6.28. The monoisotopic (exact) mass is 678 g/mol. The quantitative estimate of drug-likeness (QED) is 0.138. The highest BCUT2D eigenvalue weighted by Gasteiger charge is 2.35. The van der Waals surface area contributed by atoms with E-state index >= 15 is 0 Å². The molecule has 1 aliphatic heterocycles. The molecule has 0 atom stereocenters. The number of hydrogen-bond donors (Lipinski definition) is 0. The van der Waals surface area contributed by atoms with Crippen molar-refractivity contribution in [2.24, 2.45) is 4.99 Å². The lowest BCUT2D eigenvalue weighted by Crippen LogP contribution is -2.28. The normalized spacial score (nSPS) is 15.1. The summed E-state index contributed by atoms with van der Waals surface area (Å²) in [6.07, 6.45) is 1.86. The second-order valence-electron chi connectivity index (χ2n) is 9.49. The third-order valence-corrected chi connectivity index (χ3v) is 8.05. The van der Waals surface area contributed by atoms with Crippen molar-refractivity contribution in [3.8, 4) is 11.5 Å². The summed E-state index contributed by atoms with van der Waals surface area (Å²) in [6.45, 7) is 6.68. The van der Waals surface area contributed by atoms with E-state index in [9.17, 15) is 9.18 Å². The molecular weight excluding hydrogens is 650 g/mol. The number of amidine groups is 1. The Labute approximate surface area is 257 Å². The van der Waals surface area contributed by atoms with Gasteiger partial charge < -0.3 is 9.47 Å². The van der Waals surface area contributed by atoms with E-state index in [1.54, 1.807) is 17.0 Å². The second kappa shape index (κ2) is 12.9. The Bertz CT molecular complexity index is 1620. The summed E-state index contributed by atoms with van der Waals surface area (Å²) in [5.41, 5.74) is 5.45. The molecule has 5 rings (SSSR count). The minimum atomic E-state index is -0.289. The first kappa shape index (κ1) is 28.9. The molecule has 41 heavy (non-hydrogen) atoms. The zero-order valence-corrected chi connectivity index (χ0v) is 25.8. The average Bonchev–Trinajstić information content (AvgIpc) is 3.25. The van der Waals surface area contributed by atoms with Crippen LogP contribution in [0.15, 0.2) is 94.8 Å². The van der Waals surface area contributed by atoms with Gasteiger partial charge in [0.25, 0.3) is 5.91 Å². The summed E-state index contributed by atoms with van der Waals surface area (Å²) in [4.78, 5) is 20.8. The van der Waals surface area contributed by atoms with Crippen molar-refractivity contribution < 1.29 is 18.7 Å². The molecular formula is C33H28FIN2O3S. The molecule has 4 aromatic rings. The minimum absolute atomic E-state index is 0.144. The van der Waals surface area contributed by atoms with Gasteiger partial charge in [0.1, 0.15) is 12.4 Å². The molecule has 0 bridgehead atoms. The molecule has 5 nitrogen and oxygen atoms in total. The number of nitrogens with zero attached hydrogens (tertiary/aromatic N) is 2. The highest BCUT2D eigenvalue weighted by atomic mass is 127. The van der Waals surface area contributed by atoms with E-state index in [0.29, 0.717) is 28.2 Å². The molecule has 0 aliphatic carbocycles. The van der Waals surface area contributed by atoms with Crippen molar-refractivity contribution in [1.29, 1.82) is 0 Å². The molecule has 4 aromatic carbocycles. The molecule has 8 heteroatoms. The Kier molecular flexibility index (Phi) is 9.09. The molecule has 0 N–H and O–H groups in total. The molecule has 0 aromatic heterocycles. The number of thioether (sulfide) groups is 1. The van der Waals surface area contributed by atoms with Crippen molar-refractivity contribution in [3.63, 3.8) is 0 Å². The number of ether oxygens (including phenoxy) is 2. The summed E-state index contributed by atoms with van der Waals surface area (Å²) >= 11 is 3.55. The Hall–Kier alpha value is -3.63. The van der Waals surface area contributed by atoms with Gasteiger partial charge in [0, 0.05) is 0 Å². The Morgan fingerprint density at radius 1 is 0.927 bits per heavy atom. The summed E-state index contributed by atoms with van der Waals surface area (Å²) in [5.74, 6) is 0.748. The number of hydrogen-bond acceptors (Lipinski definition) is 5. The molecule has 1 fully saturated rings. The lowest BCUT2D eigenvalue weighted by molar-refractivity contribution is -0.113. The van der Waals surface area contributed by atoms with Crippen LogP contribution in [0.5, 0.6) is 11.5 Å². The Morgan fingerprint density at radius 2 is 1.59 bits per heavy atom. The molecule has 0 saturated carbocycles. The summed E-state index contributed by atoms with van der Waals surface area (Å²) in [6, 6.07) is 25.8. The number of anilines is 1. The van der Waals surface area contributed by atoms with Crippen LogP contribution in [0.1, 0.15) is 29.2 Å². The van der Waals surface area contributed by atoms with Crippen molar-refractivity contribution in [2.45, 2.75) is 27.4 Å². The summed E-state index contributed by atoms with van der Waals surface area (Å²) < 4.78 is 26.2. The number of aryl methyl sites for hydroxylation is 2. The van der Waals surface area contributed by atoms with E-state index in [0.717, 1.165) is 37.2 Å². The standard InChI is InChI=1S/C33H28FIN2O3S/c1-4-39-29-18-24(17-28(35)31(29)40-20-23-9-11-25(34)12-10-23)19-30-32(38)37(27-15-7-22(3)8-16-27)33(41-30)36-26-13-5-21(2)6-14-26/h5-19H,4,20H2,1-3H3/b30-19-,36-33?. The third kappa shape index (κ3) is 7.00. The number of benzene rings is 4. The molecule has 0 unspecified atom stereocenters. The second-order valence-corrected chi connectivity index (χ2v) is 11.7. The SMILES string of the molecule is CCOc1cc(/C=C2\SC(=Nc3ccc(C)cc3)N(c3ccc(C)cc3)C2=O)cc(I)c1OCc1ccc(F)cc1. The van der Waals surface area contributed by atoms with Gasteiger partial charge in [-0.2, -0.15) is 0 Å². The first-order valence-corrected chi connectivity index (χ1v) is 15.0. The van der Waals surface area contributed by atoms with Crippen LogP contribution in [0.25, 0.3) is 6.08 Å². The first-order chi connectivity index (χ1) is 19.8. The fraction of sp³-hybridized carbons (Fsp3) is 0.152. The van der Waals surface area contributed by atoms with Crippen LogP contribution in [0.2, 0.25) is 0 Å². The number of halogens is 2. The van der Waals surface area contributed by atoms with Gasteiger partial charge in [-0.3, -0.25) is 9.69 Å². The predicted octanol–water partition coefficient (Wildman–Crippen LogP) is 8.83. The lowest BCUT2D eigenvalue weighted by Gasteiger charge is -2.16. The van der Waals surface area contributed by atoms with E-state index < -0.39 is 0 Å². The van der Waals surface area contributed by atoms with Crippen molar-refractivity contribution in [1.82, 2.24) is 0 Å². The van der Waals surface area contributed by atoms with Crippen molar-refractivity contribution in [2.75, 3.05) is 11.5 Å². The van der Waals surface area contributed by atoms with E-state index in [4.69, 9.17) is 14.5 Å². The maximum atomic E-state index is 13.8. The van der Waals surface area contributed by atoms with Gasteiger partial charge in [-0.1, -0.05) is 47.5 Å². The highest BCUT2D eigenvalue weighted by molar-refractivity contribution is 14.1. The number of carbonyl (C=O) groups excluding carboxylic acids is 1. The summed E-state index contributed by atoms with van der Waals surface area (Å²) in [7, 11) is 0. The summed E-state index contributed by atoms with van der Waals surface area (Å²) in [5, 5.41) is 0.591. The van der Waals surface area contributed by atoms with E-state index in [1.165, 1.54) is 23.9 Å². The predicted molar refractivity (Wildman–Crippen MR) is 174 cm³/mol. The highest BCUT2D eigenvalue weighted by Crippen LogP contribution is 2.40. The van der Waals surface area contributed by atoms with E-state index in [-0.39, 0.29) is 18.3 Å². The van der Waals surface area contributed by atoms with Crippen LogP contribution in [-0.4, -0.2) is 17.7 Å². The largest absolute Gasteiger partial charge is 0.490 e. The van der Waals surface area contributed by atoms with Gasteiger partial charge in [-0.25, -0.2) is 9.38 Å². The topological polar surface area (TPSA) is 51.1 Å². The zero-order valence-electron chi connectivity index (χ0n) is 22.9. The number of carbonyl (C=O) groups is 1. The Balaban J connectivity index is 1.48. The van der Waals surface area contributed by atoms with Gasteiger partial charge in [0.05, 0.1) is 26.5 Å². The fourth-order valence-corrected chi connectivity index (χ4v) is 5.94. The first-order valence-electron chi connectivity index (χ1n) is 13.1. The maximum Gasteiger partial charge on any atom is 0.271 e. The van der Waals surface area contributed by atoms with Crippen molar-refractivity contribution >= 4 is 62.9 Å². The van der Waals surface area contributed by atoms with Crippen molar-refractivity contribution in [3.05, 3.63) is 121 Å². The average molecular weight is 679 g/mol. The molecule has 1 saturated heterocycles. The van der Waals surface area contributed by atoms with Gasteiger partial charge >= 0.3 is 0 Å². The molecule has 1 amide bonds. The van der Waals surface area contributed by atoms with Crippen LogP contribution in [-0.2, 0) is 11.4 Å². The van der Waals surface area contributed by atoms with E-state index in [2.05, 4.69) is 22.6 Å². The van der Waals surface area contributed by atoms with Crippen LogP contribution in [0.3, 0.4) is 0 Å². The van der Waals surface area contributed by atoms with Gasteiger partial charge in [-0.05, 0) is 121 Å². The minimum Gasteiger partial charge on any atom is -0.490 e. The van der Waals surface area contributed by atoms with Crippen LogP contribution >= 0.6 is 34.4 Å². The number of aliphatic imine (C=N–C) groups is 1. The van der Waals surface area contributed by atoms with Crippen LogP contribution < -0.4 is 14.4 Å². The Morgan fingerprint density at radius 3 is 2.24 bits per heavy atom. The molecule has 1 heterocycles. The van der Waals surface area contributed by atoms with Gasteiger partial charge in [0.2, 0.25) is 0 Å². The number of rotatable bonds is 8. The lowest BCUT2D eigenvalue weighted by atomic mass is 10.1. The number of amides is 1. The smallest absolute Gasteiger partial charge is 0.271 e. The van der Waals surface area contributed by atoms with Crippen LogP contribution in [0.4, 0.5) is 15.8 Å². The molecule has 0 spiro atoms. The van der Waals surface area contributed by atoms with E-state index in [1.807, 2.05) is 87.5 Å². The fourth-order valence-electron chi connectivity index (χ4n) is 4.16. The van der Waals surface area contributed by atoms with Crippen LogP contribution in [0, 0.1) is 23.2 Å². The van der Waals surface area contributed by atoms with Gasteiger partial charge in [0.15, 0.2) is 16.7 Å².